The fourth-order valence-corrected chi connectivity index (χ4v) is 3.38. The molecule has 1 rings (SSSR count). The zero-order chi connectivity index (χ0) is 12.7. The van der Waals surface area contributed by atoms with E-state index < -0.39 is 5.54 Å². The van der Waals surface area contributed by atoms with Crippen LogP contribution in [0.5, 0.6) is 0 Å². The number of azide groups is 1. The summed E-state index contributed by atoms with van der Waals surface area (Å²) in [5, 5.41) is 6.94. The van der Waals surface area contributed by atoms with Crippen LogP contribution in [0.4, 0.5) is 0 Å². The molecule has 1 saturated heterocycles. The van der Waals surface area contributed by atoms with Crippen LogP contribution in [0.15, 0.2) is 5.11 Å². The lowest BCUT2D eigenvalue weighted by molar-refractivity contribution is -0.148. The Morgan fingerprint density at radius 3 is 3.06 bits per heavy atom. The molecule has 0 radical (unpaired) electrons. The van der Waals surface area contributed by atoms with Crippen molar-refractivity contribution in [3.8, 4) is 0 Å². The fourth-order valence-electron chi connectivity index (χ4n) is 2.00. The van der Waals surface area contributed by atoms with Crippen molar-refractivity contribution in [1.29, 1.82) is 0 Å². The van der Waals surface area contributed by atoms with Gasteiger partial charge in [-0.2, -0.15) is 11.8 Å². The third-order valence-electron chi connectivity index (χ3n) is 3.05. The molecule has 1 N–H and O–H groups in total. The summed E-state index contributed by atoms with van der Waals surface area (Å²) in [5.41, 5.74) is 7.58. The summed E-state index contributed by atoms with van der Waals surface area (Å²) >= 11 is 1.77. The molecule has 0 aromatic carbocycles. The Labute approximate surface area is 105 Å². The van der Waals surface area contributed by atoms with Crippen LogP contribution in [0.1, 0.15) is 19.8 Å². The lowest BCUT2D eigenvalue weighted by atomic mass is 9.92. The van der Waals surface area contributed by atoms with Gasteiger partial charge in [0.2, 0.25) is 0 Å². The lowest BCUT2D eigenvalue weighted by Crippen LogP contribution is -2.56. The molecule has 0 saturated carbocycles. The molecule has 0 amide bonds. The zero-order valence-electron chi connectivity index (χ0n) is 10.2. The second-order valence-corrected chi connectivity index (χ2v) is 5.41. The number of rotatable bonds is 6. The Hall–Kier alpha value is -0.910. The minimum absolute atomic E-state index is 0.196. The van der Waals surface area contributed by atoms with E-state index in [9.17, 15) is 4.79 Å². The Balaban J connectivity index is 2.53. The Kier molecular flexibility index (Phi) is 5.61. The van der Waals surface area contributed by atoms with Crippen LogP contribution in [-0.2, 0) is 9.53 Å². The Bertz CT molecular complexity index is 319. The summed E-state index contributed by atoms with van der Waals surface area (Å²) in [6, 6.07) is 0. The predicted octanol–water partition coefficient (Wildman–Crippen LogP) is 1.71. The number of methoxy groups -OCH3 is 1. The first-order valence-electron chi connectivity index (χ1n) is 5.63. The number of hydrogen-bond donors (Lipinski definition) is 1. The molecule has 0 aliphatic carbocycles. The van der Waals surface area contributed by atoms with Gasteiger partial charge in [0.25, 0.3) is 0 Å². The molecular weight excluding hydrogens is 240 g/mol. The number of hydrogen-bond acceptors (Lipinski definition) is 5. The fraction of sp³-hybridized carbons (Fsp3) is 0.900. The highest BCUT2D eigenvalue weighted by molar-refractivity contribution is 8.00. The van der Waals surface area contributed by atoms with E-state index in [0.29, 0.717) is 13.1 Å². The maximum absolute atomic E-state index is 11.9. The Morgan fingerprint density at radius 2 is 2.53 bits per heavy atom. The summed E-state index contributed by atoms with van der Waals surface area (Å²) in [7, 11) is 1.42. The molecule has 2 unspecified atom stereocenters. The minimum Gasteiger partial charge on any atom is -0.468 e. The molecule has 0 aromatic rings. The van der Waals surface area contributed by atoms with Gasteiger partial charge < -0.3 is 10.1 Å². The van der Waals surface area contributed by atoms with E-state index in [2.05, 4.69) is 15.3 Å². The van der Waals surface area contributed by atoms with Gasteiger partial charge in [-0.15, -0.1) is 0 Å². The number of thioether (sulfide) groups is 1. The molecule has 6 nitrogen and oxygen atoms in total. The maximum atomic E-state index is 11.9. The first kappa shape index (κ1) is 14.2. The van der Waals surface area contributed by atoms with E-state index in [4.69, 9.17) is 10.3 Å². The van der Waals surface area contributed by atoms with Crippen LogP contribution in [0, 0.1) is 0 Å². The number of ether oxygens (including phenoxy) is 1. The van der Waals surface area contributed by atoms with Crippen LogP contribution in [0.2, 0.25) is 0 Å². The zero-order valence-corrected chi connectivity index (χ0v) is 11.0. The normalized spacial score (nSPS) is 27.5. The van der Waals surface area contributed by atoms with Gasteiger partial charge in [0.05, 0.1) is 7.11 Å². The monoisotopic (exact) mass is 258 g/mol. The quantitative estimate of drug-likeness (QED) is 0.258. The van der Waals surface area contributed by atoms with Crippen LogP contribution in [-0.4, -0.2) is 42.7 Å². The summed E-state index contributed by atoms with van der Waals surface area (Å²) in [5.74, 6) is 0.762. The number of nitrogens with zero attached hydrogens (tertiary/aromatic N) is 3. The average molecular weight is 258 g/mol. The summed E-state index contributed by atoms with van der Waals surface area (Å²) in [6.07, 6.45) is 1.51. The summed E-state index contributed by atoms with van der Waals surface area (Å²) in [6.45, 7) is 3.14. The van der Waals surface area contributed by atoms with Gasteiger partial charge in [-0.25, -0.2) is 0 Å². The van der Waals surface area contributed by atoms with Crippen molar-refractivity contribution in [2.45, 2.75) is 30.6 Å². The van der Waals surface area contributed by atoms with E-state index in [1.54, 1.807) is 11.8 Å². The molecule has 2 atom stereocenters. The van der Waals surface area contributed by atoms with E-state index in [1.165, 1.54) is 7.11 Å². The standard InChI is InChI=1S/C10H18N4O2S/c1-8-10(4-7-17-8,9(15)16-2)12-5-3-6-13-14-11/h8,12H,3-7H2,1-2H3. The van der Waals surface area contributed by atoms with Crippen molar-refractivity contribution >= 4 is 17.7 Å². The highest BCUT2D eigenvalue weighted by Gasteiger charge is 2.47. The molecular formula is C10H18N4O2S. The number of nitrogens with one attached hydrogen (secondary N) is 1. The largest absolute Gasteiger partial charge is 0.468 e. The van der Waals surface area contributed by atoms with Crippen LogP contribution in [0.3, 0.4) is 0 Å². The number of carbonyl (C=O) groups excluding carboxylic acids is 1. The van der Waals surface area contributed by atoms with E-state index in [-0.39, 0.29) is 11.2 Å². The van der Waals surface area contributed by atoms with Crippen molar-refractivity contribution in [2.24, 2.45) is 5.11 Å². The first-order valence-corrected chi connectivity index (χ1v) is 6.68. The van der Waals surface area contributed by atoms with Crippen molar-refractivity contribution < 1.29 is 9.53 Å². The van der Waals surface area contributed by atoms with Gasteiger partial charge in [-0.1, -0.05) is 12.0 Å². The molecule has 0 aromatic heterocycles. The van der Waals surface area contributed by atoms with E-state index in [1.807, 2.05) is 6.92 Å². The van der Waals surface area contributed by atoms with Gasteiger partial charge in [0.15, 0.2) is 0 Å². The molecule has 0 spiro atoms. The topological polar surface area (TPSA) is 87.1 Å². The highest BCUT2D eigenvalue weighted by atomic mass is 32.2. The smallest absolute Gasteiger partial charge is 0.327 e. The molecule has 1 fully saturated rings. The van der Waals surface area contributed by atoms with E-state index >= 15 is 0 Å². The molecule has 17 heavy (non-hydrogen) atoms. The number of esters is 1. The molecule has 1 heterocycles. The van der Waals surface area contributed by atoms with Crippen LogP contribution < -0.4 is 5.32 Å². The van der Waals surface area contributed by atoms with Gasteiger partial charge in [0, 0.05) is 16.7 Å². The van der Waals surface area contributed by atoms with Crippen molar-refractivity contribution in [3.05, 3.63) is 10.4 Å². The van der Waals surface area contributed by atoms with Crippen molar-refractivity contribution in [1.82, 2.24) is 5.32 Å². The number of carbonyl (C=O) groups is 1. The third kappa shape index (κ3) is 3.28. The SMILES string of the molecule is COC(=O)C1(NCCCN=[N+]=[N-])CCSC1C. The lowest BCUT2D eigenvalue weighted by Gasteiger charge is -2.31. The van der Waals surface area contributed by atoms with Crippen LogP contribution in [0.25, 0.3) is 10.4 Å². The molecule has 1 aliphatic rings. The minimum atomic E-state index is -0.574. The summed E-state index contributed by atoms with van der Waals surface area (Å²) < 4.78 is 4.89. The van der Waals surface area contributed by atoms with Crippen molar-refractivity contribution in [3.63, 3.8) is 0 Å². The Morgan fingerprint density at radius 1 is 1.76 bits per heavy atom. The van der Waals surface area contributed by atoms with Gasteiger partial charge in [-0.3, -0.25) is 4.79 Å². The molecule has 7 heteroatoms. The maximum Gasteiger partial charge on any atom is 0.327 e. The second kappa shape index (κ2) is 6.74. The predicted molar refractivity (Wildman–Crippen MR) is 67.9 cm³/mol. The second-order valence-electron chi connectivity index (χ2n) is 3.96. The molecule has 1 aliphatic heterocycles. The van der Waals surface area contributed by atoms with Gasteiger partial charge >= 0.3 is 5.97 Å². The van der Waals surface area contributed by atoms with E-state index in [0.717, 1.165) is 18.6 Å². The van der Waals surface area contributed by atoms with Gasteiger partial charge in [0.1, 0.15) is 5.54 Å². The first-order chi connectivity index (χ1) is 8.17. The van der Waals surface area contributed by atoms with Gasteiger partial charge in [-0.05, 0) is 30.7 Å². The highest BCUT2D eigenvalue weighted by Crippen LogP contribution is 2.36. The molecule has 96 valence electrons. The third-order valence-corrected chi connectivity index (χ3v) is 4.39. The average Bonchev–Trinajstić information content (AvgIpc) is 2.71. The van der Waals surface area contributed by atoms with Crippen molar-refractivity contribution in [2.75, 3.05) is 26.0 Å². The van der Waals surface area contributed by atoms with Crippen LogP contribution >= 0.6 is 11.8 Å². The summed E-state index contributed by atoms with van der Waals surface area (Å²) in [4.78, 5) is 14.6. The molecule has 0 bridgehead atoms.